The summed E-state index contributed by atoms with van der Waals surface area (Å²) in [4.78, 5) is 12.1. The lowest BCUT2D eigenvalue weighted by atomic mass is 10.2. The van der Waals surface area contributed by atoms with Crippen LogP contribution in [0.3, 0.4) is 0 Å². The first kappa shape index (κ1) is 19.9. The summed E-state index contributed by atoms with van der Waals surface area (Å²) in [6.45, 7) is 2.38. The number of hydrogen-bond acceptors (Lipinski definition) is 7. The molecule has 10 heteroatoms. The highest BCUT2D eigenvalue weighted by atomic mass is 32.2. The lowest BCUT2D eigenvalue weighted by molar-refractivity contribution is 0.102. The Morgan fingerprint density at radius 1 is 1.07 bits per heavy atom. The van der Waals surface area contributed by atoms with Crippen molar-refractivity contribution >= 4 is 32.4 Å². The molecular formula is C18H18N4O4S2. The van der Waals surface area contributed by atoms with Crippen molar-refractivity contribution < 1.29 is 17.9 Å². The van der Waals surface area contributed by atoms with Crippen LogP contribution < -0.4 is 14.8 Å². The van der Waals surface area contributed by atoms with Crippen molar-refractivity contribution in [1.29, 1.82) is 0 Å². The number of carbonyl (C=O) groups is 1. The summed E-state index contributed by atoms with van der Waals surface area (Å²) in [6, 6.07) is 15.7. The molecule has 0 spiro atoms. The van der Waals surface area contributed by atoms with Gasteiger partial charge in [0.25, 0.3) is 15.9 Å². The molecular weight excluding hydrogens is 400 g/mol. The van der Waals surface area contributed by atoms with Crippen LogP contribution in [0.15, 0.2) is 58.9 Å². The highest BCUT2D eigenvalue weighted by molar-refractivity contribution is 7.91. The van der Waals surface area contributed by atoms with Gasteiger partial charge in [0.2, 0.25) is 9.47 Å². The number of anilines is 1. The normalized spacial score (nSPS) is 11.2. The number of sulfonamides is 1. The molecule has 0 unspecified atom stereocenters. The summed E-state index contributed by atoms with van der Waals surface area (Å²) in [6.07, 6.45) is 0. The molecule has 0 aliphatic heterocycles. The molecule has 0 aliphatic rings. The van der Waals surface area contributed by atoms with Crippen LogP contribution in [-0.2, 0) is 16.6 Å². The highest BCUT2D eigenvalue weighted by Crippen LogP contribution is 2.22. The van der Waals surface area contributed by atoms with E-state index in [1.165, 1.54) is 0 Å². The Morgan fingerprint density at radius 2 is 1.79 bits per heavy atom. The van der Waals surface area contributed by atoms with Gasteiger partial charge in [-0.3, -0.25) is 10.1 Å². The average Bonchev–Trinajstić information content (AvgIpc) is 3.18. The fourth-order valence-electron chi connectivity index (χ4n) is 2.31. The van der Waals surface area contributed by atoms with Crippen LogP contribution in [-0.4, -0.2) is 31.1 Å². The van der Waals surface area contributed by atoms with E-state index >= 15 is 0 Å². The maximum atomic E-state index is 12.5. The molecule has 0 radical (unpaired) electrons. The van der Waals surface area contributed by atoms with E-state index in [0.717, 1.165) is 11.3 Å². The monoisotopic (exact) mass is 418 g/mol. The van der Waals surface area contributed by atoms with Crippen LogP contribution in [0.2, 0.25) is 0 Å². The molecule has 0 atom stereocenters. The number of ether oxygens (including phenoxy) is 1. The zero-order chi connectivity index (χ0) is 20.0. The van der Waals surface area contributed by atoms with Gasteiger partial charge in [-0.2, -0.15) is 0 Å². The quantitative estimate of drug-likeness (QED) is 0.544. The van der Waals surface area contributed by atoms with Gasteiger partial charge in [0.05, 0.1) is 6.61 Å². The number of para-hydroxylation sites is 1. The molecule has 3 aromatic rings. The van der Waals surface area contributed by atoms with Gasteiger partial charge >= 0.3 is 0 Å². The molecule has 1 aromatic heterocycles. The van der Waals surface area contributed by atoms with Gasteiger partial charge in [-0.15, -0.1) is 10.2 Å². The summed E-state index contributed by atoms with van der Waals surface area (Å²) in [5.41, 5.74) is 1.14. The van der Waals surface area contributed by atoms with Gasteiger partial charge < -0.3 is 4.74 Å². The summed E-state index contributed by atoms with van der Waals surface area (Å²) < 4.78 is 32.7. The molecule has 2 N–H and O–H groups in total. The first-order valence-corrected chi connectivity index (χ1v) is 10.7. The summed E-state index contributed by atoms with van der Waals surface area (Å²) in [7, 11) is -3.88. The summed E-state index contributed by atoms with van der Waals surface area (Å²) >= 11 is 0.777. The van der Waals surface area contributed by atoms with E-state index in [1.54, 1.807) is 48.5 Å². The molecule has 0 saturated heterocycles. The van der Waals surface area contributed by atoms with E-state index in [0.29, 0.717) is 23.5 Å². The van der Waals surface area contributed by atoms with Crippen LogP contribution in [0.1, 0.15) is 22.8 Å². The summed E-state index contributed by atoms with van der Waals surface area (Å²) in [5.74, 6) is 0.222. The van der Waals surface area contributed by atoms with Crippen LogP contribution in [0.25, 0.3) is 0 Å². The number of nitrogens with one attached hydrogen (secondary N) is 2. The highest BCUT2D eigenvalue weighted by Gasteiger charge is 2.21. The van der Waals surface area contributed by atoms with Crippen molar-refractivity contribution in [1.82, 2.24) is 14.9 Å². The molecule has 28 heavy (non-hydrogen) atoms. The van der Waals surface area contributed by atoms with Crippen molar-refractivity contribution in [2.45, 2.75) is 17.8 Å². The molecule has 3 rings (SSSR count). The Kier molecular flexibility index (Phi) is 6.34. The van der Waals surface area contributed by atoms with Crippen molar-refractivity contribution in [2.24, 2.45) is 0 Å². The van der Waals surface area contributed by atoms with Gasteiger partial charge in [-0.25, -0.2) is 13.1 Å². The van der Waals surface area contributed by atoms with Gasteiger partial charge in [0.1, 0.15) is 5.75 Å². The molecule has 0 fully saturated rings. The molecule has 0 aliphatic carbocycles. The zero-order valence-corrected chi connectivity index (χ0v) is 16.6. The van der Waals surface area contributed by atoms with Crippen molar-refractivity contribution in [3.8, 4) is 5.75 Å². The molecule has 1 amide bonds. The van der Waals surface area contributed by atoms with Crippen molar-refractivity contribution in [3.05, 3.63) is 65.7 Å². The lowest BCUT2D eigenvalue weighted by Crippen LogP contribution is -2.23. The van der Waals surface area contributed by atoms with E-state index in [9.17, 15) is 13.2 Å². The number of nitrogens with zero attached hydrogens (tertiary/aromatic N) is 2. The fraction of sp³-hybridized carbons (Fsp3) is 0.167. The van der Waals surface area contributed by atoms with Crippen LogP contribution in [0.5, 0.6) is 5.75 Å². The number of aromatic nitrogens is 2. The SMILES string of the molecule is CCOc1ccccc1CNS(=O)(=O)c1nnc(NC(=O)c2ccccc2)s1. The maximum Gasteiger partial charge on any atom is 0.270 e. The van der Waals surface area contributed by atoms with Crippen LogP contribution >= 0.6 is 11.3 Å². The molecule has 1 heterocycles. The largest absolute Gasteiger partial charge is 0.494 e. The molecule has 146 valence electrons. The predicted molar refractivity (Wildman–Crippen MR) is 106 cm³/mol. The number of amides is 1. The van der Waals surface area contributed by atoms with Crippen LogP contribution in [0.4, 0.5) is 5.13 Å². The molecule has 0 bridgehead atoms. The van der Waals surface area contributed by atoms with E-state index in [1.807, 2.05) is 13.0 Å². The first-order valence-electron chi connectivity index (χ1n) is 8.40. The second-order valence-electron chi connectivity index (χ2n) is 5.56. The predicted octanol–water partition coefficient (Wildman–Crippen LogP) is 2.67. The number of carbonyl (C=O) groups excluding carboxylic acids is 1. The Labute approximate surface area is 166 Å². The van der Waals surface area contributed by atoms with Crippen LogP contribution in [0, 0.1) is 0 Å². The Balaban J connectivity index is 1.67. The Morgan fingerprint density at radius 3 is 2.54 bits per heavy atom. The standard InChI is InChI=1S/C18H18N4O4S2/c1-2-26-15-11-7-6-10-14(15)12-19-28(24,25)18-22-21-17(27-18)20-16(23)13-8-4-3-5-9-13/h3-11,19H,2,12H2,1H3,(H,20,21,23). The van der Waals surface area contributed by atoms with Gasteiger partial charge in [-0.1, -0.05) is 47.7 Å². The smallest absolute Gasteiger partial charge is 0.270 e. The van der Waals surface area contributed by atoms with E-state index in [2.05, 4.69) is 20.2 Å². The minimum atomic E-state index is -3.88. The third-order valence-corrected chi connectivity index (χ3v) is 6.23. The second-order valence-corrected chi connectivity index (χ2v) is 8.48. The molecule has 2 aromatic carbocycles. The first-order chi connectivity index (χ1) is 13.5. The maximum absolute atomic E-state index is 12.5. The van der Waals surface area contributed by atoms with Crippen molar-refractivity contribution in [3.63, 3.8) is 0 Å². The molecule has 0 saturated carbocycles. The van der Waals surface area contributed by atoms with Crippen molar-refractivity contribution in [2.75, 3.05) is 11.9 Å². The Hall–Kier alpha value is -2.82. The van der Waals surface area contributed by atoms with Gasteiger partial charge in [0, 0.05) is 17.7 Å². The number of rotatable bonds is 8. The number of benzene rings is 2. The minimum Gasteiger partial charge on any atom is -0.494 e. The lowest BCUT2D eigenvalue weighted by Gasteiger charge is -2.10. The van der Waals surface area contributed by atoms with E-state index in [-0.39, 0.29) is 21.9 Å². The van der Waals surface area contributed by atoms with Gasteiger partial charge in [-0.05, 0) is 25.1 Å². The topological polar surface area (TPSA) is 110 Å². The van der Waals surface area contributed by atoms with E-state index in [4.69, 9.17) is 4.74 Å². The van der Waals surface area contributed by atoms with Gasteiger partial charge in [0.15, 0.2) is 0 Å². The second kappa shape index (κ2) is 8.91. The third-order valence-electron chi connectivity index (χ3n) is 3.62. The summed E-state index contributed by atoms with van der Waals surface area (Å²) in [5, 5.41) is 10.1. The Bertz CT molecular complexity index is 1050. The number of hydrogen-bond donors (Lipinski definition) is 2. The minimum absolute atomic E-state index is 0.0454. The zero-order valence-electron chi connectivity index (χ0n) is 15.0. The average molecular weight is 419 g/mol. The molecule has 8 nitrogen and oxygen atoms in total. The third kappa shape index (κ3) is 4.91. The van der Waals surface area contributed by atoms with E-state index < -0.39 is 10.0 Å². The fourth-order valence-corrected chi connectivity index (χ4v) is 4.25.